The van der Waals surface area contributed by atoms with Crippen molar-refractivity contribution in [2.75, 3.05) is 20.1 Å². The SMILES string of the molecule is CN1CC(C2=CC=C(P)CC2)C1. The van der Waals surface area contributed by atoms with E-state index in [1.807, 2.05) is 0 Å². The van der Waals surface area contributed by atoms with Crippen LogP contribution in [-0.2, 0) is 0 Å². The van der Waals surface area contributed by atoms with Crippen molar-refractivity contribution in [1.82, 2.24) is 4.90 Å². The lowest BCUT2D eigenvalue weighted by Crippen LogP contribution is -2.44. The molecule has 0 saturated carbocycles. The first-order valence-corrected chi connectivity index (χ1v) is 5.17. The Hall–Kier alpha value is -0.130. The largest absolute Gasteiger partial charge is 0.305 e. The van der Waals surface area contributed by atoms with Crippen LogP contribution >= 0.6 is 9.24 Å². The highest BCUT2D eigenvalue weighted by Crippen LogP contribution is 2.31. The summed E-state index contributed by atoms with van der Waals surface area (Å²) in [5.41, 5.74) is 1.67. The van der Waals surface area contributed by atoms with Crippen molar-refractivity contribution in [1.29, 1.82) is 0 Å². The molecule has 66 valence electrons. The maximum absolute atomic E-state index is 2.80. The molecule has 0 bridgehead atoms. The Morgan fingerprint density at radius 1 is 1.33 bits per heavy atom. The summed E-state index contributed by atoms with van der Waals surface area (Å²) >= 11 is 0. The highest BCUT2D eigenvalue weighted by molar-refractivity contribution is 7.22. The second kappa shape index (κ2) is 3.32. The zero-order valence-electron chi connectivity index (χ0n) is 7.59. The standard InChI is InChI=1S/C10H16NP/c1-11-6-9(7-11)8-2-4-10(12)5-3-8/h2,4,9H,3,5-7,12H2,1H3. The zero-order valence-corrected chi connectivity index (χ0v) is 8.74. The molecule has 0 radical (unpaired) electrons. The molecule has 0 aromatic carbocycles. The minimum Gasteiger partial charge on any atom is -0.305 e. The minimum absolute atomic E-state index is 0.865. The Bertz CT molecular complexity index is 236. The molecule has 1 fully saturated rings. The first-order valence-electron chi connectivity index (χ1n) is 4.59. The van der Waals surface area contributed by atoms with Crippen LogP contribution in [0.2, 0.25) is 0 Å². The molecule has 1 saturated heterocycles. The lowest BCUT2D eigenvalue weighted by atomic mass is 9.87. The van der Waals surface area contributed by atoms with Crippen LogP contribution in [0.1, 0.15) is 12.8 Å². The summed E-state index contributed by atoms with van der Waals surface area (Å²) in [6.45, 7) is 2.54. The number of likely N-dealkylation sites (tertiary alicyclic amines) is 1. The van der Waals surface area contributed by atoms with Gasteiger partial charge in [-0.1, -0.05) is 23.0 Å². The molecule has 0 aromatic rings. The molecular weight excluding hydrogens is 165 g/mol. The van der Waals surface area contributed by atoms with E-state index >= 15 is 0 Å². The van der Waals surface area contributed by atoms with E-state index in [0.29, 0.717) is 0 Å². The summed E-state index contributed by atoms with van der Waals surface area (Å²) in [5, 5.41) is 1.45. The van der Waals surface area contributed by atoms with Crippen molar-refractivity contribution in [3.63, 3.8) is 0 Å². The third-order valence-electron chi connectivity index (χ3n) is 2.80. The molecule has 1 heterocycles. The topological polar surface area (TPSA) is 3.24 Å². The van der Waals surface area contributed by atoms with E-state index in [2.05, 4.69) is 33.3 Å². The molecule has 0 spiro atoms. The van der Waals surface area contributed by atoms with Gasteiger partial charge in [0.25, 0.3) is 0 Å². The fourth-order valence-corrected chi connectivity index (χ4v) is 2.18. The van der Waals surface area contributed by atoms with Gasteiger partial charge in [-0.25, -0.2) is 0 Å². The van der Waals surface area contributed by atoms with Gasteiger partial charge in [0, 0.05) is 19.0 Å². The maximum Gasteiger partial charge on any atom is 0.00566 e. The van der Waals surface area contributed by atoms with Crippen LogP contribution in [0.4, 0.5) is 0 Å². The lowest BCUT2D eigenvalue weighted by molar-refractivity contribution is 0.158. The second-order valence-electron chi connectivity index (χ2n) is 3.90. The van der Waals surface area contributed by atoms with Gasteiger partial charge in [-0.3, -0.25) is 0 Å². The number of allylic oxidation sites excluding steroid dienone is 3. The van der Waals surface area contributed by atoms with Crippen molar-refractivity contribution >= 4 is 9.24 Å². The maximum atomic E-state index is 2.80. The highest BCUT2D eigenvalue weighted by atomic mass is 31.0. The van der Waals surface area contributed by atoms with Crippen LogP contribution in [0.5, 0.6) is 0 Å². The van der Waals surface area contributed by atoms with E-state index in [0.717, 1.165) is 5.92 Å². The Kier molecular flexibility index (Phi) is 2.34. The van der Waals surface area contributed by atoms with Gasteiger partial charge in [0.15, 0.2) is 0 Å². The van der Waals surface area contributed by atoms with Crippen molar-refractivity contribution in [2.24, 2.45) is 5.92 Å². The fourth-order valence-electron chi connectivity index (χ4n) is 1.94. The molecule has 0 N–H and O–H groups in total. The molecule has 2 heteroatoms. The molecule has 12 heavy (non-hydrogen) atoms. The van der Waals surface area contributed by atoms with Crippen LogP contribution < -0.4 is 0 Å². The molecule has 0 amide bonds. The molecule has 2 rings (SSSR count). The Balaban J connectivity index is 1.97. The highest BCUT2D eigenvalue weighted by Gasteiger charge is 2.26. The molecule has 1 nitrogen and oxygen atoms in total. The van der Waals surface area contributed by atoms with Crippen molar-refractivity contribution in [3.8, 4) is 0 Å². The van der Waals surface area contributed by atoms with Gasteiger partial charge < -0.3 is 4.90 Å². The third-order valence-corrected chi connectivity index (χ3v) is 3.28. The average Bonchev–Trinajstić information content (AvgIpc) is 2.01. The zero-order chi connectivity index (χ0) is 8.55. The molecule has 0 aromatic heterocycles. The predicted octanol–water partition coefficient (Wildman–Crippen LogP) is 2.03. The summed E-state index contributed by atoms with van der Waals surface area (Å²) in [7, 11) is 4.99. The van der Waals surface area contributed by atoms with E-state index < -0.39 is 0 Å². The molecule has 1 aliphatic heterocycles. The van der Waals surface area contributed by atoms with Gasteiger partial charge in [-0.05, 0) is 19.9 Å². The van der Waals surface area contributed by atoms with E-state index in [-0.39, 0.29) is 0 Å². The van der Waals surface area contributed by atoms with Gasteiger partial charge in [-0.2, -0.15) is 0 Å². The predicted molar refractivity (Wildman–Crippen MR) is 56.1 cm³/mol. The summed E-state index contributed by atoms with van der Waals surface area (Å²) in [4.78, 5) is 2.38. The van der Waals surface area contributed by atoms with Crippen LogP contribution in [-0.4, -0.2) is 25.0 Å². The Labute approximate surface area is 76.7 Å². The molecule has 1 aliphatic carbocycles. The first-order chi connectivity index (χ1) is 5.75. The Morgan fingerprint density at radius 3 is 2.58 bits per heavy atom. The van der Waals surface area contributed by atoms with E-state index in [9.17, 15) is 0 Å². The van der Waals surface area contributed by atoms with Crippen molar-refractivity contribution in [3.05, 3.63) is 23.0 Å². The number of hydrogen-bond donors (Lipinski definition) is 0. The first kappa shape index (κ1) is 8.47. The van der Waals surface area contributed by atoms with Crippen LogP contribution in [0, 0.1) is 5.92 Å². The number of rotatable bonds is 1. The quantitative estimate of drug-likeness (QED) is 0.559. The van der Waals surface area contributed by atoms with E-state index in [4.69, 9.17) is 0 Å². The van der Waals surface area contributed by atoms with Gasteiger partial charge in [0.2, 0.25) is 0 Å². The van der Waals surface area contributed by atoms with Crippen LogP contribution in [0.25, 0.3) is 0 Å². The summed E-state index contributed by atoms with van der Waals surface area (Å²) in [6.07, 6.45) is 7.11. The number of nitrogens with zero attached hydrogens (tertiary/aromatic N) is 1. The van der Waals surface area contributed by atoms with Gasteiger partial charge in [-0.15, -0.1) is 9.24 Å². The minimum atomic E-state index is 0.865. The smallest absolute Gasteiger partial charge is 0.00566 e. The third kappa shape index (κ3) is 1.62. The Morgan fingerprint density at radius 2 is 2.08 bits per heavy atom. The summed E-state index contributed by atoms with van der Waals surface area (Å²) in [6, 6.07) is 0. The van der Waals surface area contributed by atoms with Crippen molar-refractivity contribution < 1.29 is 0 Å². The monoisotopic (exact) mass is 181 g/mol. The summed E-state index contributed by atoms with van der Waals surface area (Å²) in [5.74, 6) is 0.865. The lowest BCUT2D eigenvalue weighted by Gasteiger charge is -2.38. The van der Waals surface area contributed by atoms with Crippen LogP contribution in [0.3, 0.4) is 0 Å². The second-order valence-corrected chi connectivity index (χ2v) is 4.64. The van der Waals surface area contributed by atoms with Gasteiger partial charge in [0.1, 0.15) is 0 Å². The van der Waals surface area contributed by atoms with E-state index in [1.165, 1.54) is 31.2 Å². The average molecular weight is 181 g/mol. The van der Waals surface area contributed by atoms with Crippen LogP contribution in [0.15, 0.2) is 23.0 Å². The van der Waals surface area contributed by atoms with Gasteiger partial charge >= 0.3 is 0 Å². The molecular formula is C10H16NP. The molecule has 2 aliphatic rings. The molecule has 1 unspecified atom stereocenters. The normalized spacial score (nSPS) is 26.2. The summed E-state index contributed by atoms with van der Waals surface area (Å²) < 4.78 is 0. The van der Waals surface area contributed by atoms with E-state index in [1.54, 1.807) is 5.57 Å². The number of hydrogen-bond acceptors (Lipinski definition) is 1. The fraction of sp³-hybridized carbons (Fsp3) is 0.600. The van der Waals surface area contributed by atoms with Crippen molar-refractivity contribution in [2.45, 2.75) is 12.8 Å². The molecule has 1 atom stereocenters. The van der Waals surface area contributed by atoms with Gasteiger partial charge in [0.05, 0.1) is 0 Å².